The van der Waals surface area contributed by atoms with E-state index in [1.807, 2.05) is 6.07 Å². The Bertz CT molecular complexity index is 508. The van der Waals surface area contributed by atoms with Crippen LogP contribution in [0.15, 0.2) is 16.7 Å². The number of aromatic amines is 1. The normalized spacial score (nSPS) is 10.7. The van der Waals surface area contributed by atoms with Gasteiger partial charge >= 0.3 is 0 Å². The van der Waals surface area contributed by atoms with Gasteiger partial charge in [-0.05, 0) is 22.0 Å². The highest BCUT2D eigenvalue weighted by Crippen LogP contribution is 2.15. The number of nitrogens with two attached hydrogens (primary N) is 1. The monoisotopic (exact) mass is 268 g/mol. The van der Waals surface area contributed by atoms with Crippen molar-refractivity contribution < 1.29 is 4.79 Å². The summed E-state index contributed by atoms with van der Waals surface area (Å²) in [4.78, 5) is 22.0. The lowest BCUT2D eigenvalue weighted by atomic mass is 10.3. The smallest absolute Gasteiger partial charge is 0.217 e. The van der Waals surface area contributed by atoms with Gasteiger partial charge in [0.25, 0.3) is 0 Å². The zero-order valence-electron chi connectivity index (χ0n) is 7.83. The Hall–Kier alpha value is -1.43. The fraction of sp³-hybridized carbons (Fsp3) is 0.222. The summed E-state index contributed by atoms with van der Waals surface area (Å²) in [5.41, 5.74) is 6.56. The van der Waals surface area contributed by atoms with Crippen LogP contribution in [0.5, 0.6) is 0 Å². The molecule has 0 saturated carbocycles. The van der Waals surface area contributed by atoms with Crippen LogP contribution in [-0.4, -0.2) is 20.9 Å². The molecule has 0 bridgehead atoms. The minimum Gasteiger partial charge on any atom is -0.370 e. The van der Waals surface area contributed by atoms with Gasteiger partial charge in [0.15, 0.2) is 5.65 Å². The number of amides is 1. The number of nitrogens with one attached hydrogen (secondary N) is 1. The maximum absolute atomic E-state index is 10.6. The Morgan fingerprint density at radius 2 is 2.40 bits per heavy atom. The van der Waals surface area contributed by atoms with Crippen molar-refractivity contribution in [1.82, 2.24) is 15.0 Å². The maximum atomic E-state index is 10.6. The Labute approximate surface area is 94.2 Å². The van der Waals surface area contributed by atoms with Crippen molar-refractivity contribution in [3.05, 3.63) is 22.6 Å². The second kappa shape index (κ2) is 3.98. The Balaban J connectivity index is 2.27. The third-order valence-electron chi connectivity index (χ3n) is 1.96. The molecule has 0 radical (unpaired) electrons. The number of pyridine rings is 1. The number of carbonyl (C=O) groups excluding carboxylic acids is 1. The molecule has 2 aromatic heterocycles. The van der Waals surface area contributed by atoms with Crippen molar-refractivity contribution in [2.45, 2.75) is 12.8 Å². The minimum atomic E-state index is -0.329. The van der Waals surface area contributed by atoms with Gasteiger partial charge in [0.1, 0.15) is 5.82 Å². The number of aryl methyl sites for hydroxylation is 1. The van der Waals surface area contributed by atoms with Crippen LogP contribution in [0.4, 0.5) is 0 Å². The van der Waals surface area contributed by atoms with Crippen LogP contribution in [0, 0.1) is 0 Å². The molecule has 0 aliphatic carbocycles. The lowest BCUT2D eigenvalue weighted by molar-refractivity contribution is -0.118. The summed E-state index contributed by atoms with van der Waals surface area (Å²) in [5, 5.41) is 0. The number of nitrogens with zero attached hydrogens (tertiary/aromatic N) is 2. The summed E-state index contributed by atoms with van der Waals surface area (Å²) in [6.07, 6.45) is 2.49. The SMILES string of the molecule is NC(=O)CCc1nc2ncc(Br)cc2[nH]1. The summed E-state index contributed by atoms with van der Waals surface area (Å²) in [5.74, 6) is 0.402. The van der Waals surface area contributed by atoms with Gasteiger partial charge in [0.2, 0.25) is 5.91 Å². The number of hydrogen-bond donors (Lipinski definition) is 2. The Morgan fingerprint density at radius 3 is 3.13 bits per heavy atom. The highest BCUT2D eigenvalue weighted by Gasteiger charge is 2.05. The van der Waals surface area contributed by atoms with E-state index in [2.05, 4.69) is 30.9 Å². The second-order valence-electron chi connectivity index (χ2n) is 3.17. The zero-order chi connectivity index (χ0) is 10.8. The second-order valence-corrected chi connectivity index (χ2v) is 4.09. The van der Waals surface area contributed by atoms with Gasteiger partial charge in [-0.15, -0.1) is 0 Å². The average molecular weight is 269 g/mol. The summed E-state index contributed by atoms with van der Waals surface area (Å²) in [6.45, 7) is 0. The molecule has 0 saturated heterocycles. The van der Waals surface area contributed by atoms with Crippen molar-refractivity contribution in [3.63, 3.8) is 0 Å². The van der Waals surface area contributed by atoms with E-state index in [1.165, 1.54) is 0 Å². The van der Waals surface area contributed by atoms with E-state index in [0.717, 1.165) is 15.8 Å². The first kappa shape index (κ1) is 10.1. The molecule has 0 atom stereocenters. The van der Waals surface area contributed by atoms with E-state index in [-0.39, 0.29) is 5.91 Å². The van der Waals surface area contributed by atoms with Gasteiger partial charge in [0.05, 0.1) is 5.52 Å². The van der Waals surface area contributed by atoms with Gasteiger partial charge in [-0.1, -0.05) is 0 Å². The van der Waals surface area contributed by atoms with Crippen LogP contribution in [0.25, 0.3) is 11.2 Å². The predicted molar refractivity (Wildman–Crippen MR) is 59.1 cm³/mol. The quantitative estimate of drug-likeness (QED) is 0.876. The van der Waals surface area contributed by atoms with Gasteiger partial charge in [-0.25, -0.2) is 9.97 Å². The topological polar surface area (TPSA) is 84.7 Å². The van der Waals surface area contributed by atoms with Crippen LogP contribution < -0.4 is 5.73 Å². The molecule has 15 heavy (non-hydrogen) atoms. The van der Waals surface area contributed by atoms with Crippen molar-refractivity contribution in [3.8, 4) is 0 Å². The predicted octanol–water partition coefficient (Wildman–Crippen LogP) is 1.14. The molecule has 78 valence electrons. The standard InChI is InChI=1S/C9H9BrN4O/c10-5-3-6-9(12-4-5)14-8(13-6)2-1-7(11)15/h3-4H,1-2H2,(H2,11,15)(H,12,13,14). The van der Waals surface area contributed by atoms with Crippen LogP contribution in [0.2, 0.25) is 0 Å². The summed E-state index contributed by atoms with van der Waals surface area (Å²) in [7, 11) is 0. The molecule has 5 nitrogen and oxygen atoms in total. The Morgan fingerprint density at radius 1 is 1.60 bits per heavy atom. The van der Waals surface area contributed by atoms with Gasteiger partial charge < -0.3 is 10.7 Å². The van der Waals surface area contributed by atoms with Crippen molar-refractivity contribution in [2.24, 2.45) is 5.73 Å². The molecular weight excluding hydrogens is 260 g/mol. The van der Waals surface area contributed by atoms with Gasteiger partial charge in [-0.2, -0.15) is 0 Å². The molecule has 0 aliphatic rings. The first-order valence-corrected chi connectivity index (χ1v) is 5.23. The summed E-state index contributed by atoms with van der Waals surface area (Å²) in [6, 6.07) is 1.89. The van der Waals surface area contributed by atoms with Gasteiger partial charge in [0, 0.05) is 23.5 Å². The number of halogens is 1. The number of hydrogen-bond acceptors (Lipinski definition) is 3. The highest BCUT2D eigenvalue weighted by molar-refractivity contribution is 9.10. The molecular formula is C9H9BrN4O. The Kier molecular flexibility index (Phi) is 2.68. The van der Waals surface area contributed by atoms with Crippen molar-refractivity contribution in [2.75, 3.05) is 0 Å². The number of imidazole rings is 1. The van der Waals surface area contributed by atoms with Gasteiger partial charge in [-0.3, -0.25) is 4.79 Å². The van der Waals surface area contributed by atoms with E-state index >= 15 is 0 Å². The minimum absolute atomic E-state index is 0.293. The first-order valence-electron chi connectivity index (χ1n) is 4.43. The first-order chi connectivity index (χ1) is 7.15. The third-order valence-corrected chi connectivity index (χ3v) is 2.39. The third kappa shape index (κ3) is 2.33. The number of rotatable bonds is 3. The van der Waals surface area contributed by atoms with E-state index in [4.69, 9.17) is 5.73 Å². The lowest BCUT2D eigenvalue weighted by Gasteiger charge is -1.90. The van der Waals surface area contributed by atoms with E-state index in [9.17, 15) is 4.79 Å². The fourth-order valence-corrected chi connectivity index (χ4v) is 1.62. The lowest BCUT2D eigenvalue weighted by Crippen LogP contribution is -2.11. The molecule has 0 spiro atoms. The zero-order valence-corrected chi connectivity index (χ0v) is 9.41. The molecule has 1 amide bonds. The number of fused-ring (bicyclic) bond motifs is 1. The number of aromatic nitrogens is 3. The summed E-state index contributed by atoms with van der Waals surface area (Å²) >= 11 is 3.32. The molecule has 0 aromatic carbocycles. The van der Waals surface area contributed by atoms with E-state index in [0.29, 0.717) is 18.5 Å². The molecule has 0 unspecified atom stereocenters. The van der Waals surface area contributed by atoms with Crippen LogP contribution in [-0.2, 0) is 11.2 Å². The number of carbonyl (C=O) groups is 1. The molecule has 3 N–H and O–H groups in total. The molecule has 2 heterocycles. The molecule has 0 fully saturated rings. The molecule has 2 rings (SSSR count). The maximum Gasteiger partial charge on any atom is 0.217 e. The largest absolute Gasteiger partial charge is 0.370 e. The highest BCUT2D eigenvalue weighted by atomic mass is 79.9. The van der Waals surface area contributed by atoms with Crippen LogP contribution >= 0.6 is 15.9 Å². The molecule has 0 aliphatic heterocycles. The van der Waals surface area contributed by atoms with Crippen molar-refractivity contribution in [1.29, 1.82) is 0 Å². The summed E-state index contributed by atoms with van der Waals surface area (Å²) < 4.78 is 0.889. The fourth-order valence-electron chi connectivity index (χ4n) is 1.28. The number of H-pyrrole nitrogens is 1. The molecule has 2 aromatic rings. The average Bonchev–Trinajstić information content (AvgIpc) is 2.56. The van der Waals surface area contributed by atoms with Crippen LogP contribution in [0.1, 0.15) is 12.2 Å². The number of primary amides is 1. The van der Waals surface area contributed by atoms with Crippen molar-refractivity contribution >= 4 is 33.0 Å². The molecule has 6 heteroatoms. The van der Waals surface area contributed by atoms with Crippen LogP contribution in [0.3, 0.4) is 0 Å². The van der Waals surface area contributed by atoms with E-state index < -0.39 is 0 Å². The van der Waals surface area contributed by atoms with E-state index in [1.54, 1.807) is 6.20 Å².